The zero-order valence-corrected chi connectivity index (χ0v) is 16.0. The van der Waals surface area contributed by atoms with Crippen molar-refractivity contribution in [1.82, 2.24) is 0 Å². The maximum Gasteiger partial charge on any atom is 0.231 e. The summed E-state index contributed by atoms with van der Waals surface area (Å²) in [6.45, 7) is 0. The Morgan fingerprint density at radius 3 is 2.04 bits per heavy atom. The van der Waals surface area contributed by atoms with E-state index < -0.39 is 6.23 Å². The smallest absolute Gasteiger partial charge is 0.231 e. The molecule has 0 fully saturated rings. The van der Waals surface area contributed by atoms with Crippen LogP contribution in [0.5, 0.6) is 5.75 Å². The number of anilines is 1. The Morgan fingerprint density at radius 2 is 1.44 bits per heavy atom. The molecule has 3 aromatic carbocycles. The van der Waals surface area contributed by atoms with E-state index in [9.17, 15) is 0 Å². The molecule has 4 nitrogen and oxygen atoms in total. The lowest BCUT2D eigenvalue weighted by atomic mass is 10.1. The van der Waals surface area contributed by atoms with Crippen molar-refractivity contribution in [2.75, 3.05) is 12.0 Å². The molecule has 1 aliphatic rings. The van der Waals surface area contributed by atoms with Gasteiger partial charge in [-0.05, 0) is 72.8 Å². The number of hydrogen-bond donors (Lipinski definition) is 0. The van der Waals surface area contributed by atoms with Gasteiger partial charge in [0.2, 0.25) is 6.23 Å². The molecule has 6 heteroatoms. The summed E-state index contributed by atoms with van der Waals surface area (Å²) in [5.41, 5.74) is 2.79. The molecule has 27 heavy (non-hydrogen) atoms. The Balaban J connectivity index is 1.75. The molecule has 0 aliphatic carbocycles. The second-order valence-corrected chi connectivity index (χ2v) is 6.87. The van der Waals surface area contributed by atoms with E-state index in [4.69, 9.17) is 32.8 Å². The van der Waals surface area contributed by atoms with Crippen LogP contribution in [0.4, 0.5) is 5.69 Å². The summed E-state index contributed by atoms with van der Waals surface area (Å²) in [6, 6.07) is 22.8. The number of hydrogen-bond acceptors (Lipinski definition) is 4. The fourth-order valence-corrected chi connectivity index (χ4v) is 3.18. The van der Waals surface area contributed by atoms with Crippen molar-refractivity contribution in [3.63, 3.8) is 0 Å². The highest BCUT2D eigenvalue weighted by Gasteiger charge is 2.33. The fraction of sp³-hybridized carbons (Fsp3) is 0.0952. The highest BCUT2D eigenvalue weighted by atomic mass is 35.5. The van der Waals surface area contributed by atoms with E-state index >= 15 is 0 Å². The van der Waals surface area contributed by atoms with Crippen LogP contribution in [0.1, 0.15) is 17.4 Å². The zero-order valence-electron chi connectivity index (χ0n) is 14.5. The van der Waals surface area contributed by atoms with Gasteiger partial charge in [0.15, 0.2) is 5.84 Å². The first-order valence-electron chi connectivity index (χ1n) is 8.34. The molecule has 136 valence electrons. The van der Waals surface area contributed by atoms with Crippen LogP contribution < -0.4 is 9.64 Å². The average Bonchev–Trinajstić information content (AvgIpc) is 3.14. The molecule has 0 amide bonds. The van der Waals surface area contributed by atoms with Gasteiger partial charge in [0.05, 0.1) is 7.11 Å². The summed E-state index contributed by atoms with van der Waals surface area (Å²) in [5.74, 6) is 1.49. The zero-order chi connectivity index (χ0) is 18.8. The molecule has 0 saturated heterocycles. The molecule has 3 aromatic rings. The lowest BCUT2D eigenvalue weighted by Gasteiger charge is -2.26. The lowest BCUT2D eigenvalue weighted by molar-refractivity contribution is 0.0868. The second kappa shape index (κ2) is 7.51. The van der Waals surface area contributed by atoms with Crippen molar-refractivity contribution in [2.24, 2.45) is 5.16 Å². The number of benzene rings is 3. The summed E-state index contributed by atoms with van der Waals surface area (Å²) in [6.07, 6.45) is -0.400. The topological polar surface area (TPSA) is 34.1 Å². The van der Waals surface area contributed by atoms with Crippen LogP contribution in [0.3, 0.4) is 0 Å². The number of oxime groups is 1. The molecule has 4 rings (SSSR count). The third-order valence-corrected chi connectivity index (χ3v) is 4.81. The van der Waals surface area contributed by atoms with Gasteiger partial charge in [0, 0.05) is 26.9 Å². The molecular weight excluding hydrogens is 383 g/mol. The van der Waals surface area contributed by atoms with E-state index in [0.29, 0.717) is 15.9 Å². The van der Waals surface area contributed by atoms with Gasteiger partial charge in [-0.15, -0.1) is 0 Å². The van der Waals surface area contributed by atoms with Gasteiger partial charge in [-0.2, -0.15) is 0 Å². The van der Waals surface area contributed by atoms with Gasteiger partial charge < -0.3 is 9.57 Å². The Labute approximate surface area is 167 Å². The second-order valence-electron chi connectivity index (χ2n) is 6.00. The van der Waals surface area contributed by atoms with Crippen LogP contribution >= 0.6 is 23.2 Å². The van der Waals surface area contributed by atoms with Crippen molar-refractivity contribution in [3.8, 4) is 5.75 Å². The van der Waals surface area contributed by atoms with Gasteiger partial charge in [-0.1, -0.05) is 28.4 Å². The van der Waals surface area contributed by atoms with Gasteiger partial charge in [-0.3, -0.25) is 4.90 Å². The Hall–Kier alpha value is -2.69. The lowest BCUT2D eigenvalue weighted by Crippen LogP contribution is -2.31. The van der Waals surface area contributed by atoms with Gasteiger partial charge >= 0.3 is 0 Å². The molecule has 0 saturated carbocycles. The molecule has 1 heterocycles. The Morgan fingerprint density at radius 1 is 0.852 bits per heavy atom. The summed E-state index contributed by atoms with van der Waals surface area (Å²) in [7, 11) is 1.64. The number of rotatable bonds is 4. The molecular formula is C21H16Cl2N2O2. The quantitative estimate of drug-likeness (QED) is 0.548. The molecule has 0 aromatic heterocycles. The van der Waals surface area contributed by atoms with Crippen LogP contribution in [0.25, 0.3) is 0 Å². The highest BCUT2D eigenvalue weighted by molar-refractivity contribution is 6.31. The SMILES string of the molecule is COc1ccc(C2ON=C(c3ccc(Cl)cc3)N2c2ccc(Cl)cc2)cc1. The summed E-state index contributed by atoms with van der Waals surface area (Å²) in [5, 5.41) is 5.69. The molecule has 0 bridgehead atoms. The minimum Gasteiger partial charge on any atom is -0.497 e. The standard InChI is InChI=1S/C21H16Cl2N2O2/c1-26-19-12-4-15(5-13-19)21-25(18-10-8-17(23)9-11-18)20(24-27-21)14-2-6-16(22)7-3-14/h2-13,21H,1H3. The van der Waals surface area contributed by atoms with E-state index in [-0.39, 0.29) is 0 Å². The van der Waals surface area contributed by atoms with Crippen LogP contribution in [0, 0.1) is 0 Å². The van der Waals surface area contributed by atoms with Crippen molar-refractivity contribution in [2.45, 2.75) is 6.23 Å². The van der Waals surface area contributed by atoms with Crippen molar-refractivity contribution in [1.29, 1.82) is 0 Å². The highest BCUT2D eigenvalue weighted by Crippen LogP contribution is 2.36. The summed E-state index contributed by atoms with van der Waals surface area (Å²) < 4.78 is 5.25. The number of halogens is 2. The third-order valence-electron chi connectivity index (χ3n) is 4.31. The summed E-state index contributed by atoms with van der Waals surface area (Å²) in [4.78, 5) is 7.84. The van der Waals surface area contributed by atoms with Crippen LogP contribution in [-0.4, -0.2) is 12.9 Å². The van der Waals surface area contributed by atoms with E-state index in [2.05, 4.69) is 5.16 Å². The monoisotopic (exact) mass is 398 g/mol. The predicted octanol–water partition coefficient (Wildman–Crippen LogP) is 5.90. The normalized spacial score (nSPS) is 16.0. The molecule has 1 aliphatic heterocycles. The number of ether oxygens (including phenoxy) is 1. The number of amidine groups is 1. The first-order valence-corrected chi connectivity index (χ1v) is 9.10. The Bertz CT molecular complexity index is 955. The van der Waals surface area contributed by atoms with Gasteiger partial charge in [-0.25, -0.2) is 0 Å². The van der Waals surface area contributed by atoms with Crippen molar-refractivity contribution in [3.05, 3.63) is 94.0 Å². The van der Waals surface area contributed by atoms with E-state index in [0.717, 1.165) is 22.6 Å². The van der Waals surface area contributed by atoms with Gasteiger partial charge in [0.1, 0.15) is 5.75 Å². The Kier molecular flexibility index (Phi) is 4.92. The number of methoxy groups -OCH3 is 1. The van der Waals surface area contributed by atoms with Crippen molar-refractivity contribution < 1.29 is 9.57 Å². The average molecular weight is 399 g/mol. The first kappa shape index (κ1) is 17.7. The molecule has 0 spiro atoms. The van der Waals surface area contributed by atoms with E-state index in [1.54, 1.807) is 7.11 Å². The van der Waals surface area contributed by atoms with E-state index in [1.807, 2.05) is 77.7 Å². The molecule has 1 atom stereocenters. The molecule has 0 radical (unpaired) electrons. The first-order chi connectivity index (χ1) is 13.2. The fourth-order valence-electron chi connectivity index (χ4n) is 2.93. The predicted molar refractivity (Wildman–Crippen MR) is 109 cm³/mol. The van der Waals surface area contributed by atoms with E-state index in [1.165, 1.54) is 0 Å². The molecule has 1 unspecified atom stereocenters. The summed E-state index contributed by atoms with van der Waals surface area (Å²) >= 11 is 12.1. The van der Waals surface area contributed by atoms with Gasteiger partial charge in [0.25, 0.3) is 0 Å². The number of nitrogens with zero attached hydrogens (tertiary/aromatic N) is 2. The van der Waals surface area contributed by atoms with Crippen molar-refractivity contribution >= 4 is 34.7 Å². The minimum absolute atomic E-state index is 0.400. The van der Waals surface area contributed by atoms with Crippen LogP contribution in [-0.2, 0) is 4.84 Å². The maximum atomic E-state index is 6.07. The molecule has 0 N–H and O–H groups in total. The minimum atomic E-state index is -0.400. The van der Waals surface area contributed by atoms with Crippen LogP contribution in [0.15, 0.2) is 78.0 Å². The maximum absolute atomic E-state index is 6.07. The largest absolute Gasteiger partial charge is 0.497 e. The van der Waals surface area contributed by atoms with Crippen LogP contribution in [0.2, 0.25) is 10.0 Å². The third kappa shape index (κ3) is 3.59.